The van der Waals surface area contributed by atoms with Crippen LogP contribution in [0.2, 0.25) is 0 Å². The summed E-state index contributed by atoms with van der Waals surface area (Å²) in [5.74, 6) is 0.702. The fourth-order valence-electron chi connectivity index (χ4n) is 4.77. The Kier molecular flexibility index (Phi) is 4.98. The van der Waals surface area contributed by atoms with Crippen molar-refractivity contribution in [2.24, 2.45) is 5.92 Å². The van der Waals surface area contributed by atoms with Crippen LogP contribution in [0.1, 0.15) is 25.8 Å². The number of aromatic hydroxyl groups is 1. The molecule has 0 radical (unpaired) electrons. The highest BCUT2D eigenvalue weighted by Crippen LogP contribution is 2.43. The van der Waals surface area contributed by atoms with Crippen LogP contribution >= 0.6 is 0 Å². The summed E-state index contributed by atoms with van der Waals surface area (Å²) >= 11 is 0. The molecule has 0 saturated carbocycles. The predicted molar refractivity (Wildman–Crippen MR) is 110 cm³/mol. The van der Waals surface area contributed by atoms with Gasteiger partial charge in [-0.1, -0.05) is 44.2 Å². The molecule has 3 atom stereocenters. The van der Waals surface area contributed by atoms with Crippen molar-refractivity contribution in [2.75, 3.05) is 26.2 Å². The van der Waals surface area contributed by atoms with Gasteiger partial charge in [-0.05, 0) is 47.6 Å². The van der Waals surface area contributed by atoms with Gasteiger partial charge in [-0.15, -0.1) is 0 Å². The van der Waals surface area contributed by atoms with E-state index in [1.54, 1.807) is 34.6 Å². The molecule has 6 heteroatoms. The van der Waals surface area contributed by atoms with Gasteiger partial charge in [0.05, 0.1) is 4.90 Å². The summed E-state index contributed by atoms with van der Waals surface area (Å²) < 4.78 is 27.8. The van der Waals surface area contributed by atoms with Crippen LogP contribution in [0.3, 0.4) is 0 Å². The van der Waals surface area contributed by atoms with E-state index in [9.17, 15) is 13.5 Å². The number of phenolic OH excluding ortho intramolecular Hbond substituents is 1. The maximum absolute atomic E-state index is 13.1. The van der Waals surface area contributed by atoms with E-state index in [1.165, 1.54) is 0 Å². The molecular weight excluding hydrogens is 372 g/mol. The zero-order valence-electron chi connectivity index (χ0n) is 16.5. The Morgan fingerprint density at radius 2 is 1.79 bits per heavy atom. The smallest absolute Gasteiger partial charge is 0.243 e. The van der Waals surface area contributed by atoms with E-state index in [1.807, 2.05) is 18.2 Å². The largest absolute Gasteiger partial charge is 0.508 e. The molecule has 4 rings (SSSR count). The average molecular weight is 401 g/mol. The van der Waals surface area contributed by atoms with Crippen molar-refractivity contribution in [3.63, 3.8) is 0 Å². The number of hydrogen-bond donors (Lipinski definition) is 1. The van der Waals surface area contributed by atoms with E-state index in [-0.39, 0.29) is 17.2 Å². The molecule has 150 valence electrons. The summed E-state index contributed by atoms with van der Waals surface area (Å²) in [6.07, 6.45) is 0.873. The van der Waals surface area contributed by atoms with Crippen molar-refractivity contribution in [3.8, 4) is 5.75 Å². The normalized spacial score (nSPS) is 29.4. The van der Waals surface area contributed by atoms with E-state index in [2.05, 4.69) is 24.8 Å². The fourth-order valence-corrected chi connectivity index (χ4v) is 6.26. The van der Waals surface area contributed by atoms with E-state index >= 15 is 0 Å². The molecule has 1 unspecified atom stereocenters. The minimum atomic E-state index is -3.47. The number of sulfonamides is 1. The number of phenols is 1. The Morgan fingerprint density at radius 3 is 2.50 bits per heavy atom. The molecule has 5 nitrogen and oxygen atoms in total. The summed E-state index contributed by atoms with van der Waals surface area (Å²) in [5, 5.41) is 9.95. The number of fused-ring (bicyclic) bond motifs is 1. The van der Waals surface area contributed by atoms with Crippen molar-refractivity contribution in [1.29, 1.82) is 0 Å². The van der Waals surface area contributed by atoms with E-state index < -0.39 is 10.0 Å². The average Bonchev–Trinajstić information content (AvgIpc) is 2.69. The predicted octanol–water partition coefficient (Wildman–Crippen LogP) is 3.06. The molecule has 0 aromatic heterocycles. The van der Waals surface area contributed by atoms with Gasteiger partial charge in [-0.2, -0.15) is 4.31 Å². The van der Waals surface area contributed by atoms with Crippen LogP contribution < -0.4 is 0 Å². The fraction of sp³-hybridized carbons (Fsp3) is 0.455. The van der Waals surface area contributed by atoms with Crippen LogP contribution in [-0.2, 0) is 15.4 Å². The number of nitrogens with zero attached hydrogens (tertiary/aromatic N) is 2. The minimum absolute atomic E-state index is 0.0978. The van der Waals surface area contributed by atoms with Crippen LogP contribution in [0.5, 0.6) is 5.75 Å². The maximum Gasteiger partial charge on any atom is 0.243 e. The zero-order chi connectivity index (χ0) is 19.9. The highest BCUT2D eigenvalue weighted by molar-refractivity contribution is 7.89. The lowest BCUT2D eigenvalue weighted by molar-refractivity contribution is 0.0184. The lowest BCUT2D eigenvalue weighted by Gasteiger charge is -2.52. The molecule has 0 amide bonds. The molecule has 2 fully saturated rings. The number of piperazine rings is 1. The topological polar surface area (TPSA) is 60.9 Å². The van der Waals surface area contributed by atoms with Gasteiger partial charge < -0.3 is 5.11 Å². The molecule has 28 heavy (non-hydrogen) atoms. The minimum Gasteiger partial charge on any atom is -0.508 e. The first kappa shape index (κ1) is 19.4. The Labute approximate surface area is 167 Å². The van der Waals surface area contributed by atoms with E-state index in [4.69, 9.17) is 0 Å². The number of rotatable bonds is 3. The zero-order valence-corrected chi connectivity index (χ0v) is 17.3. The number of hydrogen-bond acceptors (Lipinski definition) is 4. The summed E-state index contributed by atoms with van der Waals surface area (Å²) in [6.45, 7) is 7.25. The Bertz CT molecular complexity index is 947. The van der Waals surface area contributed by atoms with Crippen LogP contribution in [0.15, 0.2) is 59.5 Å². The van der Waals surface area contributed by atoms with Crippen LogP contribution in [0, 0.1) is 5.92 Å². The van der Waals surface area contributed by atoms with Crippen LogP contribution in [-0.4, -0.2) is 55.0 Å². The van der Waals surface area contributed by atoms with Crippen molar-refractivity contribution in [2.45, 2.75) is 36.6 Å². The van der Waals surface area contributed by atoms with Crippen molar-refractivity contribution in [3.05, 3.63) is 60.2 Å². The third-order valence-electron chi connectivity index (χ3n) is 6.71. The molecule has 2 aromatic carbocycles. The first-order valence-electron chi connectivity index (χ1n) is 9.89. The Balaban J connectivity index is 1.59. The lowest BCUT2D eigenvalue weighted by atomic mass is 9.65. The van der Waals surface area contributed by atoms with Gasteiger partial charge >= 0.3 is 0 Å². The molecule has 2 aliphatic heterocycles. The summed E-state index contributed by atoms with van der Waals surface area (Å²) in [5.41, 5.74) is 1.03. The number of benzene rings is 2. The monoisotopic (exact) mass is 400 g/mol. The third-order valence-corrected chi connectivity index (χ3v) is 8.59. The standard InChI is InChI=1S/C22H28N2O3S/c1-17-15-23-11-12-24(28(26,27)21-9-4-3-5-10-21)16-19(23)14-22(17,2)18-7-6-8-20(25)13-18/h3-10,13,17,19,25H,11-12,14-16H2,1-2H3/t17-,19+,22?/m0/s1. The molecular formula is C22H28N2O3S. The van der Waals surface area contributed by atoms with Gasteiger partial charge in [0.2, 0.25) is 10.0 Å². The molecule has 0 bridgehead atoms. The Hall–Kier alpha value is -1.89. The molecule has 0 spiro atoms. The van der Waals surface area contributed by atoms with Gasteiger partial charge in [0, 0.05) is 32.2 Å². The lowest BCUT2D eigenvalue weighted by Crippen LogP contribution is -2.61. The highest BCUT2D eigenvalue weighted by atomic mass is 32.2. The number of piperidine rings is 1. The SMILES string of the molecule is C[C@H]1CN2CCN(S(=O)(=O)c3ccccc3)C[C@H]2CC1(C)c1cccc(O)c1. The van der Waals surface area contributed by atoms with Gasteiger partial charge in [-0.25, -0.2) is 8.42 Å². The van der Waals surface area contributed by atoms with E-state index in [0.717, 1.165) is 25.1 Å². The maximum atomic E-state index is 13.1. The second-order valence-electron chi connectivity index (χ2n) is 8.40. The quantitative estimate of drug-likeness (QED) is 0.860. The Morgan fingerprint density at radius 1 is 1.04 bits per heavy atom. The van der Waals surface area contributed by atoms with Gasteiger partial charge in [-0.3, -0.25) is 4.90 Å². The summed E-state index contributed by atoms with van der Waals surface area (Å²) in [4.78, 5) is 2.80. The van der Waals surface area contributed by atoms with Crippen molar-refractivity contribution < 1.29 is 13.5 Å². The van der Waals surface area contributed by atoms with E-state index in [0.29, 0.717) is 23.9 Å². The van der Waals surface area contributed by atoms with Crippen LogP contribution in [0.25, 0.3) is 0 Å². The van der Waals surface area contributed by atoms with Crippen LogP contribution in [0.4, 0.5) is 0 Å². The first-order chi connectivity index (χ1) is 13.3. The second kappa shape index (κ2) is 7.17. The van der Waals surface area contributed by atoms with Gasteiger partial charge in [0.15, 0.2) is 0 Å². The molecule has 1 N–H and O–H groups in total. The molecule has 2 aliphatic rings. The highest BCUT2D eigenvalue weighted by Gasteiger charge is 2.46. The summed E-state index contributed by atoms with van der Waals surface area (Å²) in [6, 6.07) is 16.4. The van der Waals surface area contributed by atoms with Crippen molar-refractivity contribution in [1.82, 2.24) is 9.21 Å². The molecule has 2 heterocycles. The van der Waals surface area contributed by atoms with Gasteiger partial charge in [0.1, 0.15) is 5.75 Å². The molecule has 0 aliphatic carbocycles. The molecule has 2 saturated heterocycles. The van der Waals surface area contributed by atoms with Gasteiger partial charge in [0.25, 0.3) is 0 Å². The summed E-state index contributed by atoms with van der Waals surface area (Å²) in [7, 11) is -3.47. The van der Waals surface area contributed by atoms with Crippen molar-refractivity contribution >= 4 is 10.0 Å². The molecule has 2 aromatic rings. The first-order valence-corrected chi connectivity index (χ1v) is 11.3. The second-order valence-corrected chi connectivity index (χ2v) is 10.3. The third kappa shape index (κ3) is 3.34.